The lowest BCUT2D eigenvalue weighted by Gasteiger charge is -2.32. The smallest absolute Gasteiger partial charge is 0.306 e. The minimum Gasteiger partial charge on any atom is -0.460 e. The second kappa shape index (κ2) is 9.99. The van der Waals surface area contributed by atoms with Crippen molar-refractivity contribution in [2.24, 2.45) is 5.92 Å². The molecule has 1 aliphatic rings. The number of hydrogen-bond donors (Lipinski definition) is 3. The molecule has 9 nitrogen and oxygen atoms in total. The zero-order valence-electron chi connectivity index (χ0n) is 18.4. The number of anilines is 1. The molecule has 1 aliphatic heterocycles. The Hall–Kier alpha value is -2.52. The highest BCUT2D eigenvalue weighted by atomic mass is 16.6. The number of piperidine rings is 1. The molecular weight excluding hydrogens is 382 g/mol. The van der Waals surface area contributed by atoms with Gasteiger partial charge in [0, 0.05) is 24.7 Å². The van der Waals surface area contributed by atoms with E-state index in [2.05, 4.69) is 30.9 Å². The van der Waals surface area contributed by atoms with Crippen molar-refractivity contribution in [3.05, 3.63) is 35.5 Å². The summed E-state index contributed by atoms with van der Waals surface area (Å²) in [4.78, 5) is 23.8. The number of rotatable bonds is 8. The summed E-state index contributed by atoms with van der Waals surface area (Å²) in [5.41, 5.74) is 7.62. The number of nitrogens with one attached hydrogen (secondary N) is 3. The molecule has 0 radical (unpaired) electrons. The first kappa shape index (κ1) is 22.2. The number of carbonyl (C=O) groups excluding carboxylic acids is 1. The third-order valence-electron chi connectivity index (χ3n) is 4.79. The van der Waals surface area contributed by atoms with Crippen LogP contribution in [-0.4, -0.2) is 49.7 Å². The van der Waals surface area contributed by atoms with Crippen molar-refractivity contribution in [2.45, 2.75) is 65.6 Å². The maximum absolute atomic E-state index is 12.2. The molecule has 164 valence electrons. The summed E-state index contributed by atoms with van der Waals surface area (Å²) in [6, 6.07) is 3.82. The summed E-state index contributed by atoms with van der Waals surface area (Å²) >= 11 is 0. The summed E-state index contributed by atoms with van der Waals surface area (Å²) < 4.78 is 5.49. The van der Waals surface area contributed by atoms with Gasteiger partial charge in [-0.3, -0.25) is 14.8 Å². The highest BCUT2D eigenvalue weighted by Gasteiger charge is 2.25. The van der Waals surface area contributed by atoms with Crippen LogP contribution in [0.1, 0.15) is 57.2 Å². The van der Waals surface area contributed by atoms with Gasteiger partial charge in [0.2, 0.25) is 0 Å². The molecule has 0 bridgehead atoms. The van der Waals surface area contributed by atoms with Gasteiger partial charge in [-0.05, 0) is 59.1 Å². The Kier molecular flexibility index (Phi) is 7.38. The van der Waals surface area contributed by atoms with Gasteiger partial charge in [-0.1, -0.05) is 0 Å². The van der Waals surface area contributed by atoms with E-state index in [1.165, 1.54) is 0 Å². The van der Waals surface area contributed by atoms with Gasteiger partial charge < -0.3 is 10.2 Å². The molecule has 1 fully saturated rings. The molecule has 2 aromatic rings. The average molecular weight is 416 g/mol. The van der Waals surface area contributed by atoms with Crippen molar-refractivity contribution < 1.29 is 9.53 Å². The largest absolute Gasteiger partial charge is 0.460 e. The average Bonchev–Trinajstić information content (AvgIpc) is 3.13. The molecule has 9 heteroatoms. The van der Waals surface area contributed by atoms with Gasteiger partial charge in [0.05, 0.1) is 25.0 Å². The molecule has 0 aliphatic carbocycles. The van der Waals surface area contributed by atoms with E-state index in [9.17, 15) is 4.79 Å². The van der Waals surface area contributed by atoms with E-state index in [4.69, 9.17) is 9.72 Å². The molecule has 3 heterocycles. The number of carbonyl (C=O) groups is 1. The number of hydrazine groups is 1. The molecule has 3 rings (SSSR count). The Balaban J connectivity index is 1.52. The van der Waals surface area contributed by atoms with Gasteiger partial charge >= 0.3 is 5.97 Å². The lowest BCUT2D eigenvalue weighted by atomic mass is 9.94. The van der Waals surface area contributed by atoms with Gasteiger partial charge in [-0.2, -0.15) is 5.10 Å². The normalized spacial score (nSPS) is 17.7. The van der Waals surface area contributed by atoms with E-state index in [-0.39, 0.29) is 5.97 Å². The van der Waals surface area contributed by atoms with Crippen molar-refractivity contribution in [3.8, 4) is 0 Å². The van der Waals surface area contributed by atoms with Gasteiger partial charge in [-0.15, -0.1) is 0 Å². The molecule has 0 amide bonds. The quantitative estimate of drug-likeness (QED) is 0.446. The molecule has 2 aromatic heterocycles. The van der Waals surface area contributed by atoms with E-state index in [0.717, 1.165) is 49.0 Å². The number of aromatic amines is 1. The van der Waals surface area contributed by atoms with Crippen LogP contribution >= 0.6 is 0 Å². The van der Waals surface area contributed by atoms with Gasteiger partial charge in [0.25, 0.3) is 0 Å². The van der Waals surface area contributed by atoms with Crippen LogP contribution < -0.4 is 10.9 Å². The number of ether oxygens (including phenoxy) is 1. The molecule has 3 N–H and O–H groups in total. The van der Waals surface area contributed by atoms with Crippen LogP contribution in [0, 0.1) is 12.8 Å². The van der Waals surface area contributed by atoms with Crippen molar-refractivity contribution in [3.63, 3.8) is 0 Å². The maximum atomic E-state index is 12.2. The highest BCUT2D eigenvalue weighted by Crippen LogP contribution is 2.22. The van der Waals surface area contributed by atoms with Crippen LogP contribution in [0.15, 0.2) is 18.3 Å². The second-order valence-corrected chi connectivity index (χ2v) is 8.90. The predicted octanol–water partition coefficient (Wildman–Crippen LogP) is 2.57. The number of aromatic nitrogens is 4. The topological polar surface area (TPSA) is 108 Å². The molecule has 0 saturated carbocycles. The number of esters is 1. The SMILES string of the molecule is Cc1cc(CNNc2ccn[nH]2)nc(CN2CCCC(CC(=O)OC(C)(C)C)C2)n1. The van der Waals surface area contributed by atoms with Crippen LogP contribution in [0.2, 0.25) is 0 Å². The molecule has 0 aromatic carbocycles. The summed E-state index contributed by atoms with van der Waals surface area (Å²) in [6.45, 7) is 10.8. The molecule has 1 saturated heterocycles. The fourth-order valence-corrected chi connectivity index (χ4v) is 3.70. The van der Waals surface area contributed by atoms with Gasteiger partial charge in [-0.25, -0.2) is 15.4 Å². The molecule has 30 heavy (non-hydrogen) atoms. The highest BCUT2D eigenvalue weighted by molar-refractivity contribution is 5.70. The zero-order valence-corrected chi connectivity index (χ0v) is 18.4. The zero-order chi connectivity index (χ0) is 21.6. The number of aryl methyl sites for hydroxylation is 1. The summed E-state index contributed by atoms with van der Waals surface area (Å²) in [6.07, 6.45) is 4.28. The summed E-state index contributed by atoms with van der Waals surface area (Å²) in [5.74, 6) is 1.81. The monoisotopic (exact) mass is 415 g/mol. The Morgan fingerprint density at radius 3 is 2.93 bits per heavy atom. The molecular formula is C21H33N7O2. The number of hydrogen-bond acceptors (Lipinski definition) is 8. The van der Waals surface area contributed by atoms with Crippen LogP contribution in [0.3, 0.4) is 0 Å². The second-order valence-electron chi connectivity index (χ2n) is 8.90. The van der Waals surface area contributed by atoms with Crippen LogP contribution in [0.4, 0.5) is 5.82 Å². The van der Waals surface area contributed by atoms with E-state index >= 15 is 0 Å². The number of likely N-dealkylation sites (tertiary alicyclic amines) is 1. The Labute approximate surface area is 178 Å². The third-order valence-corrected chi connectivity index (χ3v) is 4.79. The third kappa shape index (κ3) is 7.38. The van der Waals surface area contributed by atoms with Crippen LogP contribution in [0.5, 0.6) is 0 Å². The van der Waals surface area contributed by atoms with Crippen molar-refractivity contribution in [2.75, 3.05) is 18.5 Å². The van der Waals surface area contributed by atoms with E-state index < -0.39 is 5.60 Å². The first-order valence-corrected chi connectivity index (χ1v) is 10.5. The van der Waals surface area contributed by atoms with E-state index in [1.807, 2.05) is 39.8 Å². The Bertz CT molecular complexity index is 817. The van der Waals surface area contributed by atoms with Crippen molar-refractivity contribution in [1.29, 1.82) is 0 Å². The van der Waals surface area contributed by atoms with Gasteiger partial charge in [0.1, 0.15) is 17.2 Å². The van der Waals surface area contributed by atoms with Gasteiger partial charge in [0.15, 0.2) is 0 Å². The Morgan fingerprint density at radius 1 is 1.37 bits per heavy atom. The fraction of sp³-hybridized carbons (Fsp3) is 0.619. The van der Waals surface area contributed by atoms with E-state index in [1.54, 1.807) is 6.20 Å². The number of H-pyrrole nitrogens is 1. The van der Waals surface area contributed by atoms with E-state index in [0.29, 0.717) is 25.4 Å². The molecule has 1 atom stereocenters. The summed E-state index contributed by atoms with van der Waals surface area (Å²) in [5, 5.41) is 6.73. The van der Waals surface area contributed by atoms with Crippen LogP contribution in [-0.2, 0) is 22.6 Å². The minimum absolute atomic E-state index is 0.112. The maximum Gasteiger partial charge on any atom is 0.306 e. The standard InChI is InChI=1S/C21H33N7O2/c1-15-10-17(12-23-27-18-7-8-22-26-18)25-19(24-15)14-28-9-5-6-16(13-28)11-20(29)30-21(2,3)4/h7-8,10,16,23H,5-6,9,11-14H2,1-4H3,(H2,22,26,27). The molecule has 0 spiro atoms. The van der Waals surface area contributed by atoms with Crippen molar-refractivity contribution in [1.82, 2.24) is 30.5 Å². The van der Waals surface area contributed by atoms with Crippen molar-refractivity contribution >= 4 is 11.8 Å². The minimum atomic E-state index is -0.433. The summed E-state index contributed by atoms with van der Waals surface area (Å²) in [7, 11) is 0. The predicted molar refractivity (Wildman–Crippen MR) is 114 cm³/mol. The molecule has 1 unspecified atom stereocenters. The van der Waals surface area contributed by atoms with Crippen LogP contribution in [0.25, 0.3) is 0 Å². The first-order valence-electron chi connectivity index (χ1n) is 10.5. The lowest BCUT2D eigenvalue weighted by Crippen LogP contribution is -2.37. The number of nitrogens with zero attached hydrogens (tertiary/aromatic N) is 4. The fourth-order valence-electron chi connectivity index (χ4n) is 3.70. The Morgan fingerprint density at radius 2 is 2.20 bits per heavy atom. The lowest BCUT2D eigenvalue weighted by molar-refractivity contribution is -0.156. The first-order chi connectivity index (χ1) is 14.3.